The molecule has 1 aliphatic rings. The van der Waals surface area contributed by atoms with Crippen LogP contribution < -0.4 is 15.2 Å². The minimum Gasteiger partial charge on any atom is -0.452 e. The van der Waals surface area contributed by atoms with Gasteiger partial charge in [0.2, 0.25) is 6.79 Å². The molecule has 2 rings (SSSR count). The van der Waals surface area contributed by atoms with E-state index < -0.39 is 4.92 Å². The third-order valence-corrected chi connectivity index (χ3v) is 1.98. The zero-order valence-corrected chi connectivity index (χ0v) is 7.39. The number of nitrogen functional groups attached to an aromatic ring is 1. The number of ether oxygens (including phenoxy) is 2. The first-order valence-corrected chi connectivity index (χ1v) is 3.91. The Morgan fingerprint density at radius 2 is 2.20 bits per heavy atom. The number of nitro benzene ring substituents is 1. The Morgan fingerprint density at radius 1 is 1.53 bits per heavy atom. The highest BCUT2D eigenvalue weighted by atomic mass is 16.7. The van der Waals surface area contributed by atoms with Crippen molar-refractivity contribution in [1.29, 1.82) is 5.26 Å². The second-order valence-electron chi connectivity index (χ2n) is 2.79. The summed E-state index contributed by atoms with van der Waals surface area (Å²) in [6.07, 6.45) is 0. The average Bonchev–Trinajstić information content (AvgIpc) is 2.67. The van der Waals surface area contributed by atoms with Crippen LogP contribution in [-0.2, 0) is 0 Å². The number of hydrogen-bond acceptors (Lipinski definition) is 6. The number of nitrogens with zero attached hydrogens (tertiary/aromatic N) is 2. The summed E-state index contributed by atoms with van der Waals surface area (Å²) in [5, 5.41) is 19.4. The first-order valence-electron chi connectivity index (χ1n) is 3.91. The zero-order chi connectivity index (χ0) is 11.0. The van der Waals surface area contributed by atoms with E-state index in [-0.39, 0.29) is 35.2 Å². The van der Waals surface area contributed by atoms with Gasteiger partial charge >= 0.3 is 0 Å². The summed E-state index contributed by atoms with van der Waals surface area (Å²) in [4.78, 5) is 9.94. The van der Waals surface area contributed by atoms with Crippen LogP contribution in [0.25, 0.3) is 0 Å². The van der Waals surface area contributed by atoms with Gasteiger partial charge in [0.25, 0.3) is 5.69 Å². The molecule has 0 bridgehead atoms. The molecule has 0 saturated carbocycles. The van der Waals surface area contributed by atoms with Crippen LogP contribution in [0.1, 0.15) is 5.56 Å². The topological polar surface area (TPSA) is 111 Å². The lowest BCUT2D eigenvalue weighted by molar-refractivity contribution is -0.384. The van der Waals surface area contributed by atoms with Crippen molar-refractivity contribution in [3.63, 3.8) is 0 Å². The van der Waals surface area contributed by atoms with Crippen molar-refractivity contribution in [2.75, 3.05) is 12.5 Å². The van der Waals surface area contributed by atoms with E-state index in [1.54, 1.807) is 6.07 Å². The molecule has 0 aromatic heterocycles. The van der Waals surface area contributed by atoms with Crippen molar-refractivity contribution in [1.82, 2.24) is 0 Å². The molecule has 1 heterocycles. The van der Waals surface area contributed by atoms with Crippen LogP contribution in [-0.4, -0.2) is 11.7 Å². The van der Waals surface area contributed by atoms with Gasteiger partial charge < -0.3 is 15.2 Å². The van der Waals surface area contributed by atoms with Gasteiger partial charge in [0, 0.05) is 6.07 Å². The lowest BCUT2D eigenvalue weighted by Crippen LogP contribution is -1.98. The summed E-state index contributed by atoms with van der Waals surface area (Å²) in [6.45, 7) is -0.0879. The fourth-order valence-corrected chi connectivity index (χ4v) is 1.31. The van der Waals surface area contributed by atoms with Crippen LogP contribution in [0.15, 0.2) is 6.07 Å². The van der Waals surface area contributed by atoms with Crippen molar-refractivity contribution in [2.45, 2.75) is 0 Å². The van der Waals surface area contributed by atoms with Crippen LogP contribution in [0.2, 0.25) is 0 Å². The first-order chi connectivity index (χ1) is 7.15. The van der Waals surface area contributed by atoms with Gasteiger partial charge in [0.15, 0.2) is 17.2 Å². The lowest BCUT2D eigenvalue weighted by Gasteiger charge is -2.02. The highest BCUT2D eigenvalue weighted by Gasteiger charge is 2.28. The number of nitriles is 1. The van der Waals surface area contributed by atoms with Crippen molar-refractivity contribution in [2.24, 2.45) is 0 Å². The van der Waals surface area contributed by atoms with Gasteiger partial charge in [0.05, 0.1) is 4.92 Å². The monoisotopic (exact) mass is 207 g/mol. The SMILES string of the molecule is N#Cc1cc([N+](=O)[O-])c(N)c2c1OCO2. The second kappa shape index (κ2) is 3.02. The van der Waals surface area contributed by atoms with E-state index in [1.807, 2.05) is 0 Å². The van der Waals surface area contributed by atoms with Crippen LogP contribution in [0.5, 0.6) is 11.5 Å². The van der Waals surface area contributed by atoms with E-state index in [1.165, 1.54) is 0 Å². The standard InChI is InChI=1S/C8H5N3O4/c9-2-4-1-5(11(12)13)6(10)8-7(4)14-3-15-8/h1H,3,10H2. The molecule has 0 unspecified atom stereocenters. The molecule has 15 heavy (non-hydrogen) atoms. The van der Waals surface area contributed by atoms with E-state index in [2.05, 4.69) is 0 Å². The van der Waals surface area contributed by atoms with Crippen LogP contribution in [0.4, 0.5) is 11.4 Å². The van der Waals surface area contributed by atoms with Crippen molar-refractivity contribution >= 4 is 11.4 Å². The van der Waals surface area contributed by atoms with Crippen LogP contribution >= 0.6 is 0 Å². The number of nitrogens with two attached hydrogens (primary N) is 1. The molecule has 0 spiro atoms. The molecule has 7 heteroatoms. The summed E-state index contributed by atoms with van der Waals surface area (Å²) in [5.74, 6) is 0.237. The molecule has 0 amide bonds. The van der Waals surface area contributed by atoms with Gasteiger partial charge in [-0.15, -0.1) is 0 Å². The van der Waals surface area contributed by atoms with Crippen molar-refractivity contribution < 1.29 is 14.4 Å². The fraction of sp³-hybridized carbons (Fsp3) is 0.125. The Labute approximate surface area is 83.8 Å². The highest BCUT2D eigenvalue weighted by Crippen LogP contribution is 2.45. The van der Waals surface area contributed by atoms with Gasteiger partial charge in [0.1, 0.15) is 11.6 Å². The minimum atomic E-state index is -0.669. The third-order valence-electron chi connectivity index (χ3n) is 1.98. The van der Waals surface area contributed by atoms with Crippen LogP contribution in [0, 0.1) is 21.4 Å². The lowest BCUT2D eigenvalue weighted by atomic mass is 10.1. The summed E-state index contributed by atoms with van der Waals surface area (Å²) >= 11 is 0. The predicted octanol–water partition coefficient (Wildman–Crippen LogP) is 0.777. The molecule has 0 radical (unpaired) electrons. The number of benzene rings is 1. The summed E-state index contributed by atoms with van der Waals surface area (Å²) in [7, 11) is 0. The minimum absolute atomic E-state index is 0.0448. The molecule has 1 aromatic carbocycles. The van der Waals surface area contributed by atoms with E-state index >= 15 is 0 Å². The van der Waals surface area contributed by atoms with E-state index in [9.17, 15) is 10.1 Å². The van der Waals surface area contributed by atoms with Crippen LogP contribution in [0.3, 0.4) is 0 Å². The Balaban J connectivity index is 2.73. The maximum atomic E-state index is 10.6. The normalized spacial score (nSPS) is 12.2. The van der Waals surface area contributed by atoms with Gasteiger partial charge in [-0.2, -0.15) is 5.26 Å². The largest absolute Gasteiger partial charge is 0.452 e. The van der Waals surface area contributed by atoms with Gasteiger partial charge in [-0.1, -0.05) is 0 Å². The molecule has 7 nitrogen and oxygen atoms in total. The summed E-state index contributed by atoms with van der Waals surface area (Å²) in [5.41, 5.74) is 5.08. The molecule has 2 N–H and O–H groups in total. The molecule has 0 atom stereocenters. The van der Waals surface area contributed by atoms with Crippen molar-refractivity contribution in [3.05, 3.63) is 21.7 Å². The summed E-state index contributed by atoms with van der Waals surface area (Å²) in [6, 6.07) is 2.86. The molecular weight excluding hydrogens is 202 g/mol. The smallest absolute Gasteiger partial charge is 0.297 e. The summed E-state index contributed by atoms with van der Waals surface area (Å²) < 4.78 is 9.95. The Hall–Kier alpha value is -2.49. The molecule has 0 saturated heterocycles. The van der Waals surface area contributed by atoms with Gasteiger partial charge in [-0.05, 0) is 0 Å². The molecular formula is C8H5N3O4. The quantitative estimate of drug-likeness (QED) is 0.413. The third kappa shape index (κ3) is 1.20. The Morgan fingerprint density at radius 3 is 2.80 bits per heavy atom. The molecule has 1 aromatic rings. The number of rotatable bonds is 1. The first kappa shape index (κ1) is 9.08. The van der Waals surface area contributed by atoms with Gasteiger partial charge in [-0.25, -0.2) is 0 Å². The number of fused-ring (bicyclic) bond motifs is 1. The Bertz CT molecular complexity index is 492. The number of hydrogen-bond donors (Lipinski definition) is 1. The maximum Gasteiger partial charge on any atom is 0.297 e. The van der Waals surface area contributed by atoms with E-state index in [0.29, 0.717) is 0 Å². The fourth-order valence-electron chi connectivity index (χ4n) is 1.31. The van der Waals surface area contributed by atoms with E-state index in [4.69, 9.17) is 20.5 Å². The second-order valence-corrected chi connectivity index (χ2v) is 2.79. The maximum absolute atomic E-state index is 10.6. The van der Waals surface area contributed by atoms with E-state index in [0.717, 1.165) is 6.07 Å². The van der Waals surface area contributed by atoms with Crippen molar-refractivity contribution in [3.8, 4) is 17.6 Å². The highest BCUT2D eigenvalue weighted by molar-refractivity contribution is 5.76. The molecule has 0 fully saturated rings. The zero-order valence-electron chi connectivity index (χ0n) is 7.39. The number of nitro groups is 1. The molecule has 76 valence electrons. The number of anilines is 1. The Kier molecular flexibility index (Phi) is 1.83. The average molecular weight is 207 g/mol. The van der Waals surface area contributed by atoms with Gasteiger partial charge in [-0.3, -0.25) is 10.1 Å². The molecule has 1 aliphatic heterocycles. The molecule has 0 aliphatic carbocycles. The predicted molar refractivity (Wildman–Crippen MR) is 48.3 cm³/mol.